The van der Waals surface area contributed by atoms with Gasteiger partial charge in [-0.25, -0.2) is 0 Å². The minimum absolute atomic E-state index is 0.485. The third-order valence-electron chi connectivity index (χ3n) is 3.98. The van der Waals surface area contributed by atoms with Crippen molar-refractivity contribution in [3.63, 3.8) is 0 Å². The van der Waals surface area contributed by atoms with E-state index in [1.54, 1.807) is 0 Å². The van der Waals surface area contributed by atoms with Gasteiger partial charge in [0.05, 0.1) is 0 Å². The van der Waals surface area contributed by atoms with Gasteiger partial charge in [-0.1, -0.05) is 0 Å². The second-order valence-corrected chi connectivity index (χ2v) is 11.2. The average Bonchev–Trinajstić information content (AvgIpc) is 2.80. The molecule has 0 N–H and O–H groups in total. The van der Waals surface area contributed by atoms with Crippen LogP contribution in [0.2, 0.25) is 0 Å². The Kier molecular flexibility index (Phi) is 7.74. The van der Waals surface area contributed by atoms with Gasteiger partial charge in [-0.3, -0.25) is 0 Å². The fraction of sp³-hybridized carbons (Fsp3) is 0. The standard InChI is InChI=1S/C26H18O2Te2/c1-3-7-21(8-4-1)27-23-11-15-25(16-12-23)29-19-20-30-26-17-13-24(14-18-26)28-22-9-5-2-6-10-22/h1-18H. The molecule has 0 amide bonds. The van der Waals surface area contributed by atoms with Crippen LogP contribution in [0.3, 0.4) is 0 Å². The summed E-state index contributed by atoms with van der Waals surface area (Å²) < 4.78 is 21.2. The van der Waals surface area contributed by atoms with Crippen LogP contribution in [0.25, 0.3) is 0 Å². The summed E-state index contributed by atoms with van der Waals surface area (Å²) in [4.78, 5) is 0. The zero-order chi connectivity index (χ0) is 20.4. The molecule has 0 fully saturated rings. The predicted molar refractivity (Wildman–Crippen MR) is 124 cm³/mol. The van der Waals surface area contributed by atoms with E-state index in [9.17, 15) is 0 Å². The maximum absolute atomic E-state index is 5.84. The molecule has 30 heavy (non-hydrogen) atoms. The van der Waals surface area contributed by atoms with Crippen molar-refractivity contribution in [2.45, 2.75) is 0 Å². The Balaban J connectivity index is 1.26. The second kappa shape index (κ2) is 11.1. The normalized spacial score (nSPS) is 10.0. The van der Waals surface area contributed by atoms with E-state index in [1.807, 2.05) is 84.9 Å². The Morgan fingerprint density at radius 3 is 1.10 bits per heavy atom. The number of para-hydroxylation sites is 2. The van der Waals surface area contributed by atoms with Crippen LogP contribution >= 0.6 is 0 Å². The van der Waals surface area contributed by atoms with Crippen molar-refractivity contribution in [2.24, 2.45) is 0 Å². The number of ether oxygens (including phenoxy) is 2. The quantitative estimate of drug-likeness (QED) is 0.234. The monoisotopic (exact) mass is 622 g/mol. The zero-order valence-electron chi connectivity index (χ0n) is 16.0. The van der Waals surface area contributed by atoms with Gasteiger partial charge in [0.25, 0.3) is 0 Å². The van der Waals surface area contributed by atoms with Crippen molar-refractivity contribution in [3.8, 4) is 30.9 Å². The molecule has 0 aromatic heterocycles. The molecule has 0 saturated carbocycles. The number of benzene rings is 4. The predicted octanol–water partition coefficient (Wildman–Crippen LogP) is 4.55. The minimum atomic E-state index is -0.485. The van der Waals surface area contributed by atoms with E-state index in [1.165, 1.54) is 7.22 Å². The fourth-order valence-electron chi connectivity index (χ4n) is 2.56. The van der Waals surface area contributed by atoms with E-state index in [2.05, 4.69) is 32.2 Å². The van der Waals surface area contributed by atoms with Gasteiger partial charge in [0.2, 0.25) is 0 Å². The molecule has 0 bridgehead atoms. The summed E-state index contributed by atoms with van der Waals surface area (Å²) in [6.07, 6.45) is 0. The topological polar surface area (TPSA) is 18.5 Å². The van der Waals surface area contributed by atoms with Crippen LogP contribution in [0, 0.1) is 7.94 Å². The third kappa shape index (κ3) is 6.57. The van der Waals surface area contributed by atoms with Crippen LogP contribution in [0.4, 0.5) is 0 Å². The van der Waals surface area contributed by atoms with Crippen molar-refractivity contribution in [3.05, 3.63) is 109 Å². The van der Waals surface area contributed by atoms with E-state index in [0.29, 0.717) is 0 Å². The summed E-state index contributed by atoms with van der Waals surface area (Å²) >= 11 is -0.970. The van der Waals surface area contributed by atoms with Gasteiger partial charge in [0.15, 0.2) is 0 Å². The first-order valence-corrected chi connectivity index (χ1v) is 14.0. The summed E-state index contributed by atoms with van der Waals surface area (Å²) in [5, 5.41) is 0. The molecule has 4 heteroatoms. The molecule has 0 aliphatic carbocycles. The SMILES string of the molecule is C(#C[Te]c1ccc(Oc2ccccc2)cc1)[Te]c1ccc(Oc2ccccc2)cc1. The van der Waals surface area contributed by atoms with Gasteiger partial charge in [0.1, 0.15) is 0 Å². The van der Waals surface area contributed by atoms with Gasteiger partial charge in [0, 0.05) is 0 Å². The molecule has 0 spiro atoms. The Hall–Kier alpha value is -2.38. The van der Waals surface area contributed by atoms with Crippen LogP contribution in [0.15, 0.2) is 109 Å². The third-order valence-corrected chi connectivity index (χ3v) is 9.30. The Labute approximate surface area is 197 Å². The van der Waals surface area contributed by atoms with Crippen molar-refractivity contribution in [1.29, 1.82) is 0 Å². The Morgan fingerprint density at radius 2 is 0.733 bits per heavy atom. The molecule has 0 unspecified atom stereocenters. The molecule has 0 aliphatic rings. The molecule has 0 radical (unpaired) electrons. The van der Waals surface area contributed by atoms with Crippen LogP contribution < -0.4 is 16.7 Å². The summed E-state index contributed by atoms with van der Waals surface area (Å²) in [7, 11) is 0. The van der Waals surface area contributed by atoms with Crippen LogP contribution in [0.1, 0.15) is 0 Å². The van der Waals surface area contributed by atoms with E-state index in [0.717, 1.165) is 23.0 Å². The van der Waals surface area contributed by atoms with Crippen LogP contribution in [0.5, 0.6) is 23.0 Å². The molecular formula is C26H18O2Te2. The number of hydrogen-bond donors (Lipinski definition) is 0. The zero-order valence-corrected chi connectivity index (χ0v) is 20.7. The van der Waals surface area contributed by atoms with E-state index < -0.39 is 41.8 Å². The van der Waals surface area contributed by atoms with Gasteiger partial charge in [-0.05, 0) is 0 Å². The first-order valence-electron chi connectivity index (χ1n) is 9.35. The molecule has 4 aromatic carbocycles. The molecule has 0 heterocycles. The molecule has 4 rings (SSSR count). The molecular weight excluding hydrogens is 599 g/mol. The summed E-state index contributed by atoms with van der Waals surface area (Å²) in [6.45, 7) is 0. The molecule has 146 valence electrons. The van der Waals surface area contributed by atoms with Gasteiger partial charge in [-0.15, -0.1) is 0 Å². The molecule has 2 nitrogen and oxygen atoms in total. The first-order chi connectivity index (χ1) is 14.8. The first kappa shape index (κ1) is 20.9. The van der Waals surface area contributed by atoms with Crippen molar-refractivity contribution in [1.82, 2.24) is 0 Å². The van der Waals surface area contributed by atoms with E-state index in [4.69, 9.17) is 9.47 Å². The maximum atomic E-state index is 5.84. The molecule has 0 saturated heterocycles. The average molecular weight is 618 g/mol. The summed E-state index contributed by atoms with van der Waals surface area (Å²) in [6, 6.07) is 36.3. The van der Waals surface area contributed by atoms with E-state index in [-0.39, 0.29) is 0 Å². The Bertz CT molecular complexity index is 1020. The second-order valence-electron chi connectivity index (χ2n) is 6.18. The van der Waals surface area contributed by atoms with Gasteiger partial charge >= 0.3 is 199 Å². The summed E-state index contributed by atoms with van der Waals surface area (Å²) in [5.74, 6) is 3.42. The van der Waals surface area contributed by atoms with Crippen LogP contribution in [-0.4, -0.2) is 41.8 Å². The Morgan fingerprint density at radius 1 is 0.400 bits per heavy atom. The van der Waals surface area contributed by atoms with E-state index >= 15 is 0 Å². The molecule has 4 aromatic rings. The van der Waals surface area contributed by atoms with Crippen molar-refractivity contribution >= 4 is 49.1 Å². The number of hydrogen-bond acceptors (Lipinski definition) is 2. The number of rotatable bonds is 6. The van der Waals surface area contributed by atoms with Crippen LogP contribution in [-0.2, 0) is 0 Å². The molecule has 0 aliphatic heterocycles. The van der Waals surface area contributed by atoms with Gasteiger partial charge < -0.3 is 0 Å². The molecule has 0 atom stereocenters. The van der Waals surface area contributed by atoms with Crippen molar-refractivity contribution < 1.29 is 9.47 Å². The summed E-state index contributed by atoms with van der Waals surface area (Å²) in [5.41, 5.74) is 0. The van der Waals surface area contributed by atoms with Crippen molar-refractivity contribution in [2.75, 3.05) is 0 Å². The van der Waals surface area contributed by atoms with Gasteiger partial charge in [-0.2, -0.15) is 0 Å². The fourth-order valence-corrected chi connectivity index (χ4v) is 6.62.